The fourth-order valence-corrected chi connectivity index (χ4v) is 4.14. The second kappa shape index (κ2) is 8.22. The van der Waals surface area contributed by atoms with E-state index in [0.29, 0.717) is 11.1 Å². The van der Waals surface area contributed by atoms with Crippen LogP contribution in [0.25, 0.3) is 0 Å². The first kappa shape index (κ1) is 21.7. The van der Waals surface area contributed by atoms with E-state index in [0.717, 1.165) is 0 Å². The smallest absolute Gasteiger partial charge is 0.337 e. The lowest BCUT2D eigenvalue weighted by Gasteiger charge is -2.29. The van der Waals surface area contributed by atoms with Gasteiger partial charge in [0.15, 0.2) is 11.8 Å². The number of nitrogens with one attached hydrogen (secondary N) is 1. The Bertz CT molecular complexity index is 1100. The molecule has 0 spiro atoms. The molecule has 1 N–H and O–H groups in total. The van der Waals surface area contributed by atoms with Crippen molar-refractivity contribution in [1.82, 2.24) is 10.2 Å². The van der Waals surface area contributed by atoms with Gasteiger partial charge in [0, 0.05) is 24.1 Å². The Kier molecular flexibility index (Phi) is 5.58. The first-order valence-electron chi connectivity index (χ1n) is 10.1. The minimum Gasteiger partial charge on any atom is -0.337 e. The molecule has 0 radical (unpaired) electrons. The SMILES string of the molecule is O=C1CCC(N2Cc3cc(C(=O)N[C@H](c4ccccc4)C(F)(F)F)ccc3C2=O)C(=O)C1. The van der Waals surface area contributed by atoms with E-state index in [2.05, 4.69) is 0 Å². The number of nitrogens with zero attached hydrogens (tertiary/aromatic N) is 1. The van der Waals surface area contributed by atoms with Crippen LogP contribution in [0.4, 0.5) is 13.2 Å². The monoisotopic (exact) mass is 444 g/mol. The summed E-state index contributed by atoms with van der Waals surface area (Å²) in [5.74, 6) is -1.80. The van der Waals surface area contributed by atoms with Crippen molar-refractivity contribution >= 4 is 23.4 Å². The number of fused-ring (bicyclic) bond motifs is 1. The van der Waals surface area contributed by atoms with Crippen molar-refractivity contribution in [3.8, 4) is 0 Å². The Hall–Kier alpha value is -3.49. The van der Waals surface area contributed by atoms with E-state index in [1.807, 2.05) is 5.32 Å². The highest BCUT2D eigenvalue weighted by Gasteiger charge is 2.42. The van der Waals surface area contributed by atoms with E-state index in [-0.39, 0.29) is 48.5 Å². The number of rotatable bonds is 4. The molecule has 166 valence electrons. The van der Waals surface area contributed by atoms with Gasteiger partial charge >= 0.3 is 6.18 Å². The lowest BCUT2D eigenvalue weighted by molar-refractivity contribution is -0.155. The van der Waals surface area contributed by atoms with Crippen LogP contribution in [0, 0.1) is 0 Å². The maximum absolute atomic E-state index is 13.6. The topological polar surface area (TPSA) is 83.6 Å². The Labute approximate surface area is 181 Å². The summed E-state index contributed by atoms with van der Waals surface area (Å²) >= 11 is 0. The first-order valence-corrected chi connectivity index (χ1v) is 10.1. The second-order valence-corrected chi connectivity index (χ2v) is 7.90. The number of Topliss-reactive ketones (excluding diaryl/α,β-unsaturated/α-hetero) is 2. The van der Waals surface area contributed by atoms with Crippen molar-refractivity contribution in [2.45, 2.75) is 44.1 Å². The second-order valence-electron chi connectivity index (χ2n) is 7.90. The Balaban J connectivity index is 1.54. The maximum Gasteiger partial charge on any atom is 0.412 e. The first-order chi connectivity index (χ1) is 15.1. The number of amides is 2. The fraction of sp³-hybridized carbons (Fsp3) is 0.304. The molecule has 1 saturated carbocycles. The van der Waals surface area contributed by atoms with Crippen molar-refractivity contribution in [2.24, 2.45) is 0 Å². The van der Waals surface area contributed by atoms with Crippen molar-refractivity contribution < 1.29 is 32.3 Å². The van der Waals surface area contributed by atoms with Crippen LogP contribution >= 0.6 is 0 Å². The lowest BCUT2D eigenvalue weighted by Crippen LogP contribution is -2.44. The summed E-state index contributed by atoms with van der Waals surface area (Å²) in [6.07, 6.45) is -4.45. The molecule has 2 aliphatic rings. The van der Waals surface area contributed by atoms with Gasteiger partial charge in [0.1, 0.15) is 5.78 Å². The van der Waals surface area contributed by atoms with Gasteiger partial charge in [-0.05, 0) is 35.7 Å². The molecule has 2 aromatic rings. The van der Waals surface area contributed by atoms with Gasteiger partial charge in [0.2, 0.25) is 0 Å². The number of ketones is 2. The van der Waals surface area contributed by atoms with Crippen LogP contribution in [0.2, 0.25) is 0 Å². The average molecular weight is 444 g/mol. The zero-order valence-electron chi connectivity index (χ0n) is 16.8. The molecule has 2 aromatic carbocycles. The largest absolute Gasteiger partial charge is 0.412 e. The van der Waals surface area contributed by atoms with Gasteiger partial charge < -0.3 is 10.2 Å². The quantitative estimate of drug-likeness (QED) is 0.733. The van der Waals surface area contributed by atoms with Gasteiger partial charge in [-0.15, -0.1) is 0 Å². The van der Waals surface area contributed by atoms with Crippen molar-refractivity contribution in [1.29, 1.82) is 0 Å². The van der Waals surface area contributed by atoms with Crippen LogP contribution in [0.3, 0.4) is 0 Å². The summed E-state index contributed by atoms with van der Waals surface area (Å²) in [5.41, 5.74) is 0.632. The lowest BCUT2D eigenvalue weighted by atomic mass is 9.92. The third kappa shape index (κ3) is 4.15. The van der Waals surface area contributed by atoms with Crippen LogP contribution in [0.15, 0.2) is 48.5 Å². The number of carbonyl (C=O) groups is 4. The van der Waals surface area contributed by atoms with Crippen LogP contribution < -0.4 is 5.32 Å². The zero-order chi connectivity index (χ0) is 23.0. The summed E-state index contributed by atoms with van der Waals surface area (Å²) in [4.78, 5) is 50.4. The zero-order valence-corrected chi connectivity index (χ0v) is 16.8. The summed E-state index contributed by atoms with van der Waals surface area (Å²) in [7, 11) is 0. The van der Waals surface area contributed by atoms with Crippen LogP contribution in [0.1, 0.15) is 57.1 Å². The minimum absolute atomic E-state index is 0.0197. The van der Waals surface area contributed by atoms with E-state index in [1.54, 1.807) is 6.07 Å². The van der Waals surface area contributed by atoms with Crippen molar-refractivity contribution in [3.63, 3.8) is 0 Å². The number of halogens is 3. The molecule has 4 rings (SSSR count). The molecule has 2 amide bonds. The molecular formula is C23H19F3N2O4. The molecule has 32 heavy (non-hydrogen) atoms. The Morgan fingerprint density at radius 2 is 1.78 bits per heavy atom. The molecule has 1 fully saturated rings. The number of carbonyl (C=O) groups excluding carboxylic acids is 4. The van der Waals surface area contributed by atoms with Gasteiger partial charge in [0.25, 0.3) is 11.8 Å². The third-order valence-electron chi connectivity index (χ3n) is 5.75. The highest BCUT2D eigenvalue weighted by Crippen LogP contribution is 2.33. The fourth-order valence-electron chi connectivity index (χ4n) is 4.14. The molecule has 9 heteroatoms. The highest BCUT2D eigenvalue weighted by atomic mass is 19.4. The van der Waals surface area contributed by atoms with E-state index in [1.165, 1.54) is 47.4 Å². The van der Waals surface area contributed by atoms with Gasteiger partial charge in [0.05, 0.1) is 12.5 Å². The van der Waals surface area contributed by atoms with Crippen molar-refractivity contribution in [3.05, 3.63) is 70.8 Å². The van der Waals surface area contributed by atoms with Gasteiger partial charge in [-0.2, -0.15) is 13.2 Å². The van der Waals surface area contributed by atoms with E-state index in [9.17, 15) is 32.3 Å². The van der Waals surface area contributed by atoms with E-state index < -0.39 is 30.1 Å². The molecule has 6 nitrogen and oxygen atoms in total. The molecule has 0 aromatic heterocycles. The average Bonchev–Trinajstić information content (AvgIpc) is 3.07. The minimum atomic E-state index is -4.70. The normalized spacial score (nSPS) is 19.7. The summed E-state index contributed by atoms with van der Waals surface area (Å²) in [5, 5.41) is 2.02. The number of benzene rings is 2. The van der Waals surface area contributed by atoms with E-state index >= 15 is 0 Å². The number of alkyl halides is 3. The van der Waals surface area contributed by atoms with Crippen molar-refractivity contribution in [2.75, 3.05) is 0 Å². The van der Waals surface area contributed by atoms with Gasteiger partial charge in [-0.1, -0.05) is 30.3 Å². The summed E-state index contributed by atoms with van der Waals surface area (Å²) < 4.78 is 40.7. The summed E-state index contributed by atoms with van der Waals surface area (Å²) in [6.45, 7) is 0.0568. The molecule has 1 unspecified atom stereocenters. The van der Waals surface area contributed by atoms with Gasteiger partial charge in [-0.25, -0.2) is 0 Å². The van der Waals surface area contributed by atoms with Crippen LogP contribution in [-0.4, -0.2) is 40.5 Å². The Morgan fingerprint density at radius 1 is 1.06 bits per heavy atom. The molecule has 1 heterocycles. The standard InChI is InChI=1S/C23H19F3N2O4/c24-23(25,26)20(13-4-2-1-3-5-13)27-21(31)14-6-8-17-15(10-14)12-28(22(17)32)18-9-7-16(29)11-19(18)30/h1-6,8,10,18,20H,7,9,11-12H2,(H,27,31)/t18?,20-/m1/s1. The predicted molar refractivity (Wildman–Crippen MR) is 107 cm³/mol. The molecule has 1 aliphatic carbocycles. The summed E-state index contributed by atoms with van der Waals surface area (Å²) in [6, 6.07) is 8.21. The van der Waals surface area contributed by atoms with Crippen LogP contribution in [-0.2, 0) is 16.1 Å². The number of hydrogen-bond donors (Lipinski definition) is 1. The molecule has 1 aliphatic heterocycles. The molecule has 0 saturated heterocycles. The molecular weight excluding hydrogens is 425 g/mol. The number of hydrogen-bond acceptors (Lipinski definition) is 4. The van der Waals surface area contributed by atoms with Gasteiger partial charge in [-0.3, -0.25) is 19.2 Å². The van der Waals surface area contributed by atoms with E-state index in [4.69, 9.17) is 0 Å². The highest BCUT2D eigenvalue weighted by molar-refractivity contribution is 6.08. The predicted octanol–water partition coefficient (Wildman–Crippen LogP) is 3.37. The molecule has 0 bridgehead atoms. The van der Waals surface area contributed by atoms with Crippen LogP contribution in [0.5, 0.6) is 0 Å². The molecule has 2 atom stereocenters. The third-order valence-corrected chi connectivity index (χ3v) is 5.75. The maximum atomic E-state index is 13.6. The Morgan fingerprint density at radius 3 is 2.44 bits per heavy atom.